The Balaban J connectivity index is 1.11. The minimum atomic E-state index is -0.0265. The number of benzene rings is 2. The second-order valence-corrected chi connectivity index (χ2v) is 7.98. The summed E-state index contributed by atoms with van der Waals surface area (Å²) in [6, 6.07) is 13.5. The maximum absolute atomic E-state index is 12.3. The van der Waals surface area contributed by atoms with Crippen LogP contribution in [0.15, 0.2) is 47.6 Å². The number of fused-ring (bicyclic) bond motifs is 2. The molecule has 0 fully saturated rings. The minimum absolute atomic E-state index is 0.0265. The molecule has 1 N–H and O–H groups in total. The number of hydrogen-bond acceptors (Lipinski definition) is 7. The monoisotopic (exact) mass is 437 g/mol. The molecule has 2 aromatic carbocycles. The van der Waals surface area contributed by atoms with Gasteiger partial charge >= 0.3 is 0 Å². The summed E-state index contributed by atoms with van der Waals surface area (Å²) >= 11 is 0. The molecule has 8 nitrogen and oxygen atoms in total. The summed E-state index contributed by atoms with van der Waals surface area (Å²) in [4.78, 5) is 12.3. The van der Waals surface area contributed by atoms with Gasteiger partial charge in [0.25, 0.3) is 0 Å². The highest BCUT2D eigenvalue weighted by Crippen LogP contribution is 2.32. The molecule has 0 saturated carbocycles. The number of hydrogen-bond donors (Lipinski definition) is 1. The molecule has 0 aliphatic carbocycles. The van der Waals surface area contributed by atoms with E-state index in [1.807, 2.05) is 42.5 Å². The van der Waals surface area contributed by atoms with E-state index in [9.17, 15) is 4.79 Å². The Labute approximate surface area is 187 Å². The average Bonchev–Trinajstić information content (AvgIpc) is 2.84. The average molecular weight is 437 g/mol. The van der Waals surface area contributed by atoms with Crippen LogP contribution in [-0.2, 0) is 4.79 Å². The highest BCUT2D eigenvalue weighted by atomic mass is 16.6. The van der Waals surface area contributed by atoms with Crippen molar-refractivity contribution in [3.63, 3.8) is 0 Å². The highest BCUT2D eigenvalue weighted by molar-refractivity contribution is 6.04. The van der Waals surface area contributed by atoms with E-state index in [1.54, 1.807) is 5.01 Å². The Bertz CT molecular complexity index is 1010. The number of carbonyl (C=O) groups excluding carboxylic acids is 1. The van der Waals surface area contributed by atoms with Gasteiger partial charge in [0.15, 0.2) is 23.0 Å². The third-order valence-corrected chi connectivity index (χ3v) is 5.64. The predicted octanol–water partition coefficient (Wildman–Crippen LogP) is 2.60. The Kier molecular flexibility index (Phi) is 6.11. The molecule has 1 unspecified atom stereocenters. The van der Waals surface area contributed by atoms with Crippen LogP contribution >= 0.6 is 0 Å². The number of carbonyl (C=O) groups is 1. The van der Waals surface area contributed by atoms with Crippen molar-refractivity contribution in [3.05, 3.63) is 48.0 Å². The van der Waals surface area contributed by atoms with Gasteiger partial charge in [-0.2, -0.15) is 5.10 Å². The van der Waals surface area contributed by atoms with Crippen LogP contribution in [0.4, 0.5) is 0 Å². The first-order valence-electron chi connectivity index (χ1n) is 11.1. The van der Waals surface area contributed by atoms with E-state index >= 15 is 0 Å². The van der Waals surface area contributed by atoms with Gasteiger partial charge in [0.1, 0.15) is 25.9 Å². The number of amides is 1. The maximum Gasteiger partial charge on any atom is 0.243 e. The van der Waals surface area contributed by atoms with Crippen LogP contribution in [0.2, 0.25) is 0 Å². The Morgan fingerprint density at radius 2 is 1.78 bits per heavy atom. The first-order chi connectivity index (χ1) is 15.8. The lowest BCUT2D eigenvalue weighted by Gasteiger charge is -2.27. The quantitative estimate of drug-likeness (QED) is 0.671. The zero-order valence-electron chi connectivity index (χ0n) is 17.9. The summed E-state index contributed by atoms with van der Waals surface area (Å²) in [5.41, 5.74) is 1.88. The lowest BCUT2D eigenvalue weighted by molar-refractivity contribution is -0.131. The molecular weight excluding hydrogens is 410 g/mol. The van der Waals surface area contributed by atoms with Crippen LogP contribution in [0.1, 0.15) is 24.8 Å². The van der Waals surface area contributed by atoms with E-state index < -0.39 is 0 Å². The van der Waals surface area contributed by atoms with E-state index in [-0.39, 0.29) is 12.0 Å². The molecule has 0 spiro atoms. The molecule has 168 valence electrons. The van der Waals surface area contributed by atoms with Crippen molar-refractivity contribution in [1.29, 1.82) is 0 Å². The lowest BCUT2D eigenvalue weighted by Crippen LogP contribution is -2.39. The third-order valence-electron chi connectivity index (χ3n) is 5.64. The molecule has 3 aliphatic rings. The van der Waals surface area contributed by atoms with E-state index in [1.165, 1.54) is 0 Å². The van der Waals surface area contributed by atoms with Gasteiger partial charge in [0, 0.05) is 31.5 Å². The number of hydrazone groups is 1. The Morgan fingerprint density at radius 1 is 0.969 bits per heavy atom. The molecular formula is C24H27N3O5. The van der Waals surface area contributed by atoms with Gasteiger partial charge < -0.3 is 24.3 Å². The molecule has 8 heteroatoms. The molecule has 0 bridgehead atoms. The maximum atomic E-state index is 12.3. The van der Waals surface area contributed by atoms with Crippen LogP contribution in [0.3, 0.4) is 0 Å². The van der Waals surface area contributed by atoms with Crippen molar-refractivity contribution in [3.8, 4) is 23.0 Å². The molecule has 2 aromatic rings. The molecule has 32 heavy (non-hydrogen) atoms. The van der Waals surface area contributed by atoms with Crippen LogP contribution in [0.25, 0.3) is 0 Å². The third kappa shape index (κ3) is 4.65. The fourth-order valence-corrected chi connectivity index (χ4v) is 3.99. The van der Waals surface area contributed by atoms with Crippen molar-refractivity contribution in [2.24, 2.45) is 5.10 Å². The standard InChI is InChI=1S/C24H27N3O5/c28-24-9-7-19(17-6-8-21-23(14-17)30-13-12-29-21)26-27(24)11-3-10-25-15-18-16-31-20-4-1-2-5-22(20)32-18/h1-2,4-6,8,14,18,25H,3,7,9-13,15-16H2. The predicted molar refractivity (Wildman–Crippen MR) is 119 cm³/mol. The summed E-state index contributed by atoms with van der Waals surface area (Å²) in [6.45, 7) is 3.67. The highest BCUT2D eigenvalue weighted by Gasteiger charge is 2.23. The van der Waals surface area contributed by atoms with Crippen LogP contribution in [0.5, 0.6) is 23.0 Å². The van der Waals surface area contributed by atoms with E-state index in [2.05, 4.69) is 10.4 Å². The molecule has 5 rings (SSSR count). The van der Waals surface area contributed by atoms with Crippen molar-refractivity contribution in [2.75, 3.05) is 39.5 Å². The fraction of sp³-hybridized carbons (Fsp3) is 0.417. The van der Waals surface area contributed by atoms with Crippen LogP contribution in [-0.4, -0.2) is 62.2 Å². The zero-order chi connectivity index (χ0) is 21.8. The molecule has 0 radical (unpaired) electrons. The summed E-state index contributed by atoms with van der Waals surface area (Å²) in [7, 11) is 0. The number of nitrogens with one attached hydrogen (secondary N) is 1. The zero-order valence-corrected chi connectivity index (χ0v) is 17.9. The van der Waals surface area contributed by atoms with Crippen LogP contribution < -0.4 is 24.3 Å². The smallest absolute Gasteiger partial charge is 0.243 e. The summed E-state index contributed by atoms with van der Waals surface area (Å²) in [6.07, 6.45) is 1.87. The lowest BCUT2D eigenvalue weighted by atomic mass is 10.0. The molecule has 0 saturated heterocycles. The van der Waals surface area contributed by atoms with Gasteiger partial charge in [-0.1, -0.05) is 12.1 Å². The normalized spacial score (nSPS) is 19.5. The topological polar surface area (TPSA) is 81.6 Å². The van der Waals surface area contributed by atoms with Gasteiger partial charge in [-0.25, -0.2) is 5.01 Å². The number of nitrogens with zero attached hydrogens (tertiary/aromatic N) is 2. The van der Waals surface area contributed by atoms with Gasteiger partial charge in [0.2, 0.25) is 5.91 Å². The summed E-state index contributed by atoms with van der Waals surface area (Å²) < 4.78 is 23.0. The van der Waals surface area contributed by atoms with Gasteiger partial charge in [-0.05, 0) is 43.3 Å². The Hall–Kier alpha value is -3.26. The minimum Gasteiger partial charge on any atom is -0.486 e. The van der Waals surface area contributed by atoms with Gasteiger partial charge in [-0.15, -0.1) is 0 Å². The SMILES string of the molecule is O=C1CCC(c2ccc3c(c2)OCCO3)=NN1CCCNCC1COc2ccccc2O1. The first-order valence-corrected chi connectivity index (χ1v) is 11.1. The van der Waals surface area contributed by atoms with Gasteiger partial charge in [0.05, 0.1) is 5.71 Å². The second kappa shape index (κ2) is 9.48. The van der Waals surface area contributed by atoms with Crippen molar-refractivity contribution in [2.45, 2.75) is 25.4 Å². The van der Waals surface area contributed by atoms with Gasteiger partial charge in [-0.3, -0.25) is 4.79 Å². The van der Waals surface area contributed by atoms with Crippen LogP contribution in [0, 0.1) is 0 Å². The number of ether oxygens (including phenoxy) is 4. The van der Waals surface area contributed by atoms with E-state index in [4.69, 9.17) is 18.9 Å². The van der Waals surface area contributed by atoms with E-state index in [0.29, 0.717) is 45.8 Å². The molecule has 1 amide bonds. The van der Waals surface area contributed by atoms with Crippen molar-refractivity contribution >= 4 is 11.6 Å². The molecule has 1 atom stereocenters. The number of rotatable bonds is 7. The Morgan fingerprint density at radius 3 is 2.69 bits per heavy atom. The molecule has 0 aromatic heterocycles. The molecule has 3 heterocycles. The van der Waals surface area contributed by atoms with E-state index in [0.717, 1.165) is 47.2 Å². The summed E-state index contributed by atoms with van der Waals surface area (Å²) in [5, 5.41) is 9.61. The largest absolute Gasteiger partial charge is 0.486 e. The second-order valence-electron chi connectivity index (χ2n) is 7.98. The number of para-hydroxylation sites is 2. The molecule has 3 aliphatic heterocycles. The first kappa shape index (κ1) is 20.6. The summed E-state index contributed by atoms with van der Waals surface area (Å²) in [5.74, 6) is 3.13. The fourth-order valence-electron chi connectivity index (χ4n) is 3.99. The van der Waals surface area contributed by atoms with Crippen molar-refractivity contribution < 1.29 is 23.7 Å². The van der Waals surface area contributed by atoms with Crippen molar-refractivity contribution in [1.82, 2.24) is 10.3 Å².